The number of para-hydroxylation sites is 1. The first-order chi connectivity index (χ1) is 13.1. The number of fused-ring (bicyclic) bond motifs is 1. The summed E-state index contributed by atoms with van der Waals surface area (Å²) >= 11 is 0. The molecule has 0 saturated carbocycles. The van der Waals surface area contributed by atoms with Crippen molar-refractivity contribution in [3.05, 3.63) is 70.8 Å². The van der Waals surface area contributed by atoms with Crippen LogP contribution in [0.4, 0.5) is 0 Å². The van der Waals surface area contributed by atoms with Gasteiger partial charge in [-0.15, -0.1) is 0 Å². The smallest absolute Gasteiger partial charge is 0.338 e. The maximum absolute atomic E-state index is 12.6. The van der Waals surface area contributed by atoms with E-state index in [9.17, 15) is 9.59 Å². The van der Waals surface area contributed by atoms with Crippen molar-refractivity contribution in [3.63, 3.8) is 0 Å². The summed E-state index contributed by atoms with van der Waals surface area (Å²) in [6, 6.07) is 14.0. The van der Waals surface area contributed by atoms with E-state index >= 15 is 0 Å². The number of rotatable bonds is 7. The van der Waals surface area contributed by atoms with Gasteiger partial charge in [0.2, 0.25) is 0 Å². The number of ether oxygens (including phenoxy) is 1. The van der Waals surface area contributed by atoms with Gasteiger partial charge in [0.15, 0.2) is 0 Å². The molecule has 2 aromatic carbocycles. The molecule has 0 saturated heterocycles. The maximum Gasteiger partial charge on any atom is 0.338 e. The first-order valence-corrected chi connectivity index (χ1v) is 9.21. The number of hydrogen-bond donors (Lipinski definition) is 1. The molecule has 1 aromatic heterocycles. The van der Waals surface area contributed by atoms with Crippen molar-refractivity contribution in [2.45, 2.75) is 13.8 Å². The van der Waals surface area contributed by atoms with Crippen LogP contribution in [-0.2, 0) is 4.74 Å². The number of carbonyl (C=O) groups is 1. The number of benzene rings is 2. The Morgan fingerprint density at radius 1 is 1.07 bits per heavy atom. The van der Waals surface area contributed by atoms with Crippen LogP contribution in [0.1, 0.15) is 24.2 Å². The highest BCUT2D eigenvalue weighted by Gasteiger charge is 2.11. The molecule has 0 bridgehead atoms. The molecule has 3 aromatic rings. The summed E-state index contributed by atoms with van der Waals surface area (Å²) in [4.78, 5) is 30.5. The van der Waals surface area contributed by atoms with Gasteiger partial charge in [-0.3, -0.25) is 9.36 Å². The zero-order valence-corrected chi connectivity index (χ0v) is 15.6. The molecule has 3 rings (SSSR count). The van der Waals surface area contributed by atoms with Crippen LogP contribution in [0.5, 0.6) is 0 Å². The first kappa shape index (κ1) is 18.8. The number of quaternary nitrogens is 1. The molecular formula is C21H24N3O3+. The summed E-state index contributed by atoms with van der Waals surface area (Å²) in [5.41, 5.74) is 1.64. The molecule has 0 fully saturated rings. The number of esters is 1. The summed E-state index contributed by atoms with van der Waals surface area (Å²) in [5, 5.41) is 0.558. The highest BCUT2D eigenvalue weighted by atomic mass is 16.5. The third-order valence-electron chi connectivity index (χ3n) is 4.74. The highest BCUT2D eigenvalue weighted by molar-refractivity contribution is 5.89. The lowest BCUT2D eigenvalue weighted by molar-refractivity contribution is -0.896. The topological polar surface area (TPSA) is 65.6 Å². The van der Waals surface area contributed by atoms with Crippen molar-refractivity contribution in [2.75, 3.05) is 26.2 Å². The number of nitrogens with one attached hydrogen (secondary N) is 1. The van der Waals surface area contributed by atoms with Crippen molar-refractivity contribution >= 4 is 16.9 Å². The molecule has 0 amide bonds. The van der Waals surface area contributed by atoms with Crippen molar-refractivity contribution in [1.29, 1.82) is 0 Å². The second-order valence-corrected chi connectivity index (χ2v) is 6.33. The van der Waals surface area contributed by atoms with Crippen LogP contribution in [0, 0.1) is 0 Å². The Kier molecular flexibility index (Phi) is 5.98. The van der Waals surface area contributed by atoms with Gasteiger partial charge in [-0.2, -0.15) is 0 Å². The van der Waals surface area contributed by atoms with Crippen molar-refractivity contribution in [2.24, 2.45) is 0 Å². The molecular weight excluding hydrogens is 342 g/mol. The fourth-order valence-electron chi connectivity index (χ4n) is 2.99. The van der Waals surface area contributed by atoms with Gasteiger partial charge in [-0.25, -0.2) is 9.78 Å². The summed E-state index contributed by atoms with van der Waals surface area (Å²) in [6.07, 6.45) is 1.50. The van der Waals surface area contributed by atoms with Crippen LogP contribution in [0.25, 0.3) is 16.6 Å². The minimum absolute atomic E-state index is 0.141. The Balaban J connectivity index is 1.73. The minimum Gasteiger partial charge on any atom is -0.456 e. The van der Waals surface area contributed by atoms with E-state index < -0.39 is 0 Å². The Morgan fingerprint density at radius 2 is 1.78 bits per heavy atom. The standard InChI is InChI=1S/C21H23N3O3/c1-3-23(4-2)13-14-27-21(26)16-9-11-17(12-10-16)24-15-22-19-8-6-5-7-18(19)20(24)25/h5-12,15H,3-4,13-14H2,1-2H3/p+1. The Bertz CT molecular complexity index is 976. The van der Waals surface area contributed by atoms with Gasteiger partial charge < -0.3 is 9.64 Å². The minimum atomic E-state index is -0.350. The average molecular weight is 366 g/mol. The number of likely N-dealkylation sites (N-methyl/N-ethyl adjacent to an activating group) is 1. The van der Waals surface area contributed by atoms with Gasteiger partial charge >= 0.3 is 5.97 Å². The first-order valence-electron chi connectivity index (χ1n) is 9.21. The molecule has 1 N–H and O–H groups in total. The second-order valence-electron chi connectivity index (χ2n) is 6.33. The van der Waals surface area contributed by atoms with Crippen molar-refractivity contribution in [1.82, 2.24) is 9.55 Å². The molecule has 6 nitrogen and oxygen atoms in total. The predicted molar refractivity (Wildman–Crippen MR) is 105 cm³/mol. The third kappa shape index (κ3) is 4.23. The third-order valence-corrected chi connectivity index (χ3v) is 4.74. The average Bonchev–Trinajstić information content (AvgIpc) is 2.72. The van der Waals surface area contributed by atoms with Gasteiger partial charge in [0.1, 0.15) is 19.5 Å². The van der Waals surface area contributed by atoms with E-state index in [-0.39, 0.29) is 11.5 Å². The zero-order chi connectivity index (χ0) is 19.2. The second kappa shape index (κ2) is 8.60. The van der Waals surface area contributed by atoms with Crippen LogP contribution in [0.15, 0.2) is 59.7 Å². The summed E-state index contributed by atoms with van der Waals surface area (Å²) < 4.78 is 6.82. The fraction of sp³-hybridized carbons (Fsp3) is 0.286. The molecule has 0 aliphatic heterocycles. The lowest BCUT2D eigenvalue weighted by Crippen LogP contribution is -3.11. The van der Waals surface area contributed by atoms with Gasteiger partial charge in [-0.1, -0.05) is 12.1 Å². The molecule has 0 spiro atoms. The monoisotopic (exact) mass is 366 g/mol. The van der Waals surface area contributed by atoms with Crippen molar-refractivity contribution < 1.29 is 14.4 Å². The molecule has 140 valence electrons. The summed E-state index contributed by atoms with van der Waals surface area (Å²) in [6.45, 7) is 7.45. The number of carbonyl (C=O) groups excluding carboxylic acids is 1. The SMILES string of the molecule is CC[NH+](CC)CCOC(=O)c1ccc(-n2cnc3ccccc3c2=O)cc1. The lowest BCUT2D eigenvalue weighted by Gasteiger charge is -2.15. The van der Waals surface area contributed by atoms with Crippen LogP contribution in [0.3, 0.4) is 0 Å². The number of hydrogen-bond acceptors (Lipinski definition) is 4. The normalized spacial score (nSPS) is 11.1. The molecule has 0 aliphatic carbocycles. The maximum atomic E-state index is 12.6. The van der Waals surface area contributed by atoms with Crippen LogP contribution in [-0.4, -0.2) is 41.8 Å². The van der Waals surface area contributed by atoms with Gasteiger partial charge in [0.05, 0.1) is 35.2 Å². The largest absolute Gasteiger partial charge is 0.456 e. The fourth-order valence-corrected chi connectivity index (χ4v) is 2.99. The Hall–Kier alpha value is -2.99. The molecule has 27 heavy (non-hydrogen) atoms. The van der Waals surface area contributed by atoms with Gasteiger partial charge in [0, 0.05) is 0 Å². The van der Waals surface area contributed by atoms with E-state index in [1.54, 1.807) is 36.4 Å². The van der Waals surface area contributed by atoms with Crippen LogP contribution >= 0.6 is 0 Å². The van der Waals surface area contributed by atoms with Gasteiger partial charge in [-0.05, 0) is 50.2 Å². The molecule has 1 heterocycles. The number of aromatic nitrogens is 2. The summed E-state index contributed by atoms with van der Waals surface area (Å²) in [5.74, 6) is -0.350. The Labute approximate surface area is 158 Å². The van der Waals surface area contributed by atoms with Gasteiger partial charge in [0.25, 0.3) is 5.56 Å². The molecule has 0 radical (unpaired) electrons. The summed E-state index contributed by atoms with van der Waals surface area (Å²) in [7, 11) is 0. The van der Waals surface area contributed by atoms with E-state index in [0.29, 0.717) is 28.8 Å². The highest BCUT2D eigenvalue weighted by Crippen LogP contribution is 2.11. The Morgan fingerprint density at radius 3 is 2.48 bits per heavy atom. The molecule has 0 atom stereocenters. The van der Waals surface area contributed by atoms with E-state index in [4.69, 9.17) is 4.74 Å². The van der Waals surface area contributed by atoms with Crippen LogP contribution < -0.4 is 10.5 Å². The quantitative estimate of drug-likeness (QED) is 0.643. The molecule has 6 heteroatoms. The van der Waals surface area contributed by atoms with E-state index in [2.05, 4.69) is 18.8 Å². The van der Waals surface area contributed by atoms with E-state index in [1.165, 1.54) is 15.8 Å². The van der Waals surface area contributed by atoms with Crippen LogP contribution in [0.2, 0.25) is 0 Å². The van der Waals surface area contributed by atoms with E-state index in [1.807, 2.05) is 12.1 Å². The van der Waals surface area contributed by atoms with Crippen molar-refractivity contribution in [3.8, 4) is 5.69 Å². The van der Waals surface area contributed by atoms with E-state index in [0.717, 1.165) is 19.6 Å². The zero-order valence-electron chi connectivity index (χ0n) is 15.6. The number of nitrogens with zero attached hydrogens (tertiary/aromatic N) is 2. The predicted octanol–water partition coefficient (Wildman–Crippen LogP) is 1.47. The molecule has 0 unspecified atom stereocenters. The lowest BCUT2D eigenvalue weighted by atomic mass is 10.2. The molecule has 0 aliphatic rings.